The fourth-order valence-electron chi connectivity index (χ4n) is 3.94. The van der Waals surface area contributed by atoms with Gasteiger partial charge in [0, 0.05) is 5.39 Å². The van der Waals surface area contributed by atoms with Gasteiger partial charge in [0.2, 0.25) is 0 Å². The number of thiophene rings is 2. The van der Waals surface area contributed by atoms with Crippen LogP contribution in [0.4, 0.5) is 0 Å². The van der Waals surface area contributed by atoms with Gasteiger partial charge in [-0.3, -0.25) is 0 Å². The third-order valence-corrected chi connectivity index (χ3v) is 7.52. The molecule has 0 N–H and O–H groups in total. The van der Waals surface area contributed by atoms with E-state index in [2.05, 4.69) is 34.7 Å². The molecule has 2 nitrogen and oxygen atoms in total. The van der Waals surface area contributed by atoms with Crippen LogP contribution in [0.2, 0.25) is 0 Å². The van der Waals surface area contributed by atoms with Crippen LogP contribution in [0.5, 0.6) is 5.75 Å². The van der Waals surface area contributed by atoms with E-state index in [-0.39, 0.29) is 5.97 Å². The quantitative estimate of drug-likeness (QED) is 0.197. The second-order valence-corrected chi connectivity index (χ2v) is 10.1. The largest absolute Gasteiger partial charge is 0.423 e. The highest BCUT2D eigenvalue weighted by molar-refractivity contribution is 7.33. The van der Waals surface area contributed by atoms with Crippen molar-refractivity contribution in [2.45, 2.75) is 39.0 Å². The lowest BCUT2D eigenvalue weighted by Gasteiger charge is -2.13. The van der Waals surface area contributed by atoms with Gasteiger partial charge in [-0.1, -0.05) is 44.4 Å². The number of rotatable bonds is 7. The second-order valence-electron chi connectivity index (χ2n) is 7.57. The summed E-state index contributed by atoms with van der Waals surface area (Å²) in [6.45, 7) is 2.23. The molecule has 146 valence electrons. The molecule has 0 amide bonds. The molecule has 0 unspecified atom stereocenters. The third kappa shape index (κ3) is 4.15. The molecule has 4 rings (SSSR count). The van der Waals surface area contributed by atoms with Crippen LogP contribution >= 0.6 is 22.7 Å². The number of fused-ring (bicyclic) bond motifs is 3. The zero-order valence-corrected chi connectivity index (χ0v) is 18.8. The monoisotopic (exact) mass is 418 g/mol. The Kier molecular flexibility index (Phi) is 6.12. The summed E-state index contributed by atoms with van der Waals surface area (Å²) >= 11 is 3.61. The number of carbonyl (C=O) groups excluding carboxylic acids is 1. The van der Waals surface area contributed by atoms with Crippen molar-refractivity contribution in [1.82, 2.24) is 0 Å². The standard InChI is InChI=1S/C23H24B2O2S2/c1-2-3-4-8-11-15-16-12-18(24)28-21(16)22-17(13-19(25)29-22)20(15)23(26)27-14-9-6-5-7-10-14/h5-7,9-10,12-13H,2-4,8,11,24-25H2,1H3. The second kappa shape index (κ2) is 8.76. The van der Waals surface area contributed by atoms with Crippen molar-refractivity contribution in [1.29, 1.82) is 0 Å². The number of benzene rings is 2. The fraction of sp³-hybridized carbons (Fsp3) is 0.261. The maximum Gasteiger partial charge on any atom is 0.344 e. The van der Waals surface area contributed by atoms with Gasteiger partial charge in [0.15, 0.2) is 15.7 Å². The molecule has 0 saturated heterocycles. The van der Waals surface area contributed by atoms with Crippen molar-refractivity contribution in [3.8, 4) is 5.75 Å². The van der Waals surface area contributed by atoms with Gasteiger partial charge in [-0.05, 0) is 57.6 Å². The highest BCUT2D eigenvalue weighted by Crippen LogP contribution is 2.38. The van der Waals surface area contributed by atoms with Crippen molar-refractivity contribution in [2.75, 3.05) is 0 Å². The summed E-state index contributed by atoms with van der Waals surface area (Å²) in [4.78, 5) is 13.4. The molecule has 29 heavy (non-hydrogen) atoms. The van der Waals surface area contributed by atoms with Gasteiger partial charge in [-0.15, -0.1) is 22.7 Å². The van der Waals surface area contributed by atoms with Crippen LogP contribution in [0.15, 0.2) is 42.5 Å². The van der Waals surface area contributed by atoms with Gasteiger partial charge in [0.05, 0.1) is 15.0 Å². The molecule has 0 spiro atoms. The van der Waals surface area contributed by atoms with Crippen molar-refractivity contribution in [3.63, 3.8) is 0 Å². The van der Waals surface area contributed by atoms with E-state index in [0.29, 0.717) is 5.75 Å². The van der Waals surface area contributed by atoms with E-state index in [1.807, 2.05) is 41.7 Å². The first kappa shape index (κ1) is 20.2. The smallest absolute Gasteiger partial charge is 0.344 e. The number of aryl methyl sites for hydroxylation is 1. The summed E-state index contributed by atoms with van der Waals surface area (Å²) in [7, 11) is 4.27. The number of unbranched alkanes of at least 4 members (excludes halogenated alkanes) is 3. The Labute approximate surface area is 181 Å². The minimum atomic E-state index is -0.241. The first-order chi connectivity index (χ1) is 14.1. The first-order valence-corrected chi connectivity index (χ1v) is 11.9. The summed E-state index contributed by atoms with van der Waals surface area (Å²) < 4.78 is 10.9. The van der Waals surface area contributed by atoms with Crippen LogP contribution in [0.1, 0.15) is 48.5 Å². The van der Waals surface area contributed by atoms with E-state index in [0.717, 1.165) is 29.4 Å². The molecule has 0 aliphatic heterocycles. The Balaban J connectivity index is 1.87. The Morgan fingerprint density at radius 2 is 1.59 bits per heavy atom. The van der Waals surface area contributed by atoms with Gasteiger partial charge in [-0.25, -0.2) is 4.79 Å². The predicted octanol–water partition coefficient (Wildman–Crippen LogP) is 3.97. The lowest BCUT2D eigenvalue weighted by Crippen LogP contribution is -2.12. The molecule has 0 saturated carbocycles. The van der Waals surface area contributed by atoms with Crippen LogP contribution in [-0.4, -0.2) is 21.7 Å². The highest BCUT2D eigenvalue weighted by Gasteiger charge is 2.24. The van der Waals surface area contributed by atoms with Gasteiger partial charge in [0.1, 0.15) is 5.75 Å². The topological polar surface area (TPSA) is 26.3 Å². The van der Waals surface area contributed by atoms with E-state index < -0.39 is 0 Å². The molecule has 2 aromatic heterocycles. The lowest BCUT2D eigenvalue weighted by atomic mass is 9.93. The molecule has 0 aliphatic rings. The number of carbonyl (C=O) groups is 1. The lowest BCUT2D eigenvalue weighted by molar-refractivity contribution is 0.0736. The van der Waals surface area contributed by atoms with E-state index in [1.165, 1.54) is 43.6 Å². The predicted molar refractivity (Wildman–Crippen MR) is 133 cm³/mol. The van der Waals surface area contributed by atoms with Crippen LogP contribution in [0.25, 0.3) is 20.2 Å². The summed E-state index contributed by atoms with van der Waals surface area (Å²) in [6.07, 6.45) is 5.64. The Hall–Kier alpha value is -2.04. The number of ether oxygens (including phenoxy) is 1. The van der Waals surface area contributed by atoms with Crippen LogP contribution in [0, 0.1) is 0 Å². The van der Waals surface area contributed by atoms with Crippen molar-refractivity contribution < 1.29 is 9.53 Å². The zero-order chi connectivity index (χ0) is 20.4. The molecule has 0 aliphatic carbocycles. The van der Waals surface area contributed by atoms with Gasteiger partial charge in [-0.2, -0.15) is 0 Å². The minimum Gasteiger partial charge on any atom is -0.423 e. The van der Waals surface area contributed by atoms with Gasteiger partial charge < -0.3 is 4.74 Å². The first-order valence-electron chi connectivity index (χ1n) is 10.3. The van der Waals surface area contributed by atoms with Crippen molar-refractivity contribution in [3.05, 3.63) is 53.6 Å². The Morgan fingerprint density at radius 3 is 2.28 bits per heavy atom. The zero-order valence-electron chi connectivity index (χ0n) is 17.2. The molecule has 0 radical (unpaired) electrons. The Bertz CT molecular complexity index is 1160. The maximum absolute atomic E-state index is 13.4. The van der Waals surface area contributed by atoms with E-state index in [4.69, 9.17) is 4.74 Å². The molecule has 2 heterocycles. The molecular formula is C23H24B2O2S2. The normalized spacial score (nSPS) is 11.3. The SMILES string of the molecule is Bc1cc2c(CCCCCC)c(C(=O)Oc3ccccc3)c3cc(B)sc3c2s1. The third-order valence-electron chi connectivity index (χ3n) is 5.25. The summed E-state index contributed by atoms with van der Waals surface area (Å²) in [5, 5.41) is 2.28. The van der Waals surface area contributed by atoms with Crippen LogP contribution in [-0.2, 0) is 6.42 Å². The average Bonchev–Trinajstić information content (AvgIpc) is 3.27. The molecule has 4 aromatic rings. The van der Waals surface area contributed by atoms with Crippen molar-refractivity contribution >= 4 is 74.1 Å². The highest BCUT2D eigenvalue weighted by atomic mass is 32.1. The molecule has 2 aromatic carbocycles. The number of esters is 1. The minimum absolute atomic E-state index is 0.241. The van der Waals surface area contributed by atoms with Crippen LogP contribution < -0.4 is 14.3 Å². The van der Waals surface area contributed by atoms with Crippen LogP contribution in [0.3, 0.4) is 0 Å². The number of hydrogen-bond acceptors (Lipinski definition) is 4. The molecular weight excluding hydrogens is 394 g/mol. The van der Waals surface area contributed by atoms with E-state index in [9.17, 15) is 4.79 Å². The van der Waals surface area contributed by atoms with Gasteiger partial charge in [0.25, 0.3) is 0 Å². The molecule has 6 heteroatoms. The van der Waals surface area contributed by atoms with Crippen molar-refractivity contribution in [2.24, 2.45) is 0 Å². The van der Waals surface area contributed by atoms with E-state index >= 15 is 0 Å². The average molecular weight is 418 g/mol. The fourth-order valence-corrected chi connectivity index (χ4v) is 6.16. The summed E-state index contributed by atoms with van der Waals surface area (Å²) in [6, 6.07) is 13.8. The summed E-state index contributed by atoms with van der Waals surface area (Å²) in [5.41, 5.74) is 1.92. The summed E-state index contributed by atoms with van der Waals surface area (Å²) in [5.74, 6) is 0.353. The van der Waals surface area contributed by atoms with Gasteiger partial charge >= 0.3 is 5.97 Å². The molecule has 0 bridgehead atoms. The Morgan fingerprint density at radius 1 is 0.931 bits per heavy atom. The van der Waals surface area contributed by atoms with E-state index in [1.54, 1.807) is 11.3 Å². The molecule has 0 atom stereocenters. The maximum atomic E-state index is 13.4. The number of para-hydroxylation sites is 1. The molecule has 0 fully saturated rings. The number of hydrogen-bond donors (Lipinski definition) is 0.